The van der Waals surface area contributed by atoms with Crippen LogP contribution in [0.2, 0.25) is 0 Å². The van der Waals surface area contributed by atoms with E-state index >= 15 is 0 Å². The molecule has 2 unspecified atom stereocenters. The molecule has 0 aliphatic carbocycles. The summed E-state index contributed by atoms with van der Waals surface area (Å²) in [6, 6.07) is 0.339. The quantitative estimate of drug-likeness (QED) is 0.833. The van der Waals surface area contributed by atoms with Gasteiger partial charge in [0.05, 0.1) is 19.1 Å². The Kier molecular flexibility index (Phi) is 4.76. The molecule has 0 bridgehead atoms. The third-order valence-electron chi connectivity index (χ3n) is 5.49. The molecule has 0 radical (unpaired) electrons. The van der Waals surface area contributed by atoms with E-state index in [-0.39, 0.29) is 17.9 Å². The lowest BCUT2D eigenvalue weighted by molar-refractivity contribution is 0.00882. The zero-order chi connectivity index (χ0) is 17.5. The summed E-state index contributed by atoms with van der Waals surface area (Å²) in [5, 5.41) is 14.4. The summed E-state index contributed by atoms with van der Waals surface area (Å²) in [5.41, 5.74) is 0.822. The van der Waals surface area contributed by atoms with Gasteiger partial charge in [-0.1, -0.05) is 0 Å². The first kappa shape index (κ1) is 17.8. The van der Waals surface area contributed by atoms with Gasteiger partial charge < -0.3 is 5.11 Å². The van der Waals surface area contributed by atoms with Crippen LogP contribution in [0.1, 0.15) is 31.9 Å². The average Bonchev–Trinajstić information content (AvgIpc) is 3.11. The van der Waals surface area contributed by atoms with Crippen molar-refractivity contribution in [3.8, 4) is 0 Å². The maximum atomic E-state index is 11.9. The van der Waals surface area contributed by atoms with Crippen molar-refractivity contribution in [1.29, 1.82) is 0 Å². The van der Waals surface area contributed by atoms with Crippen molar-refractivity contribution in [1.82, 2.24) is 19.0 Å². The molecule has 8 heteroatoms. The summed E-state index contributed by atoms with van der Waals surface area (Å²) < 4.78 is 27.3. The Labute approximate surface area is 144 Å². The molecule has 1 aromatic heterocycles. The molecule has 2 aliphatic heterocycles. The van der Waals surface area contributed by atoms with Crippen LogP contribution in [0.15, 0.2) is 12.4 Å². The molecule has 0 spiro atoms. The molecule has 0 aromatic carbocycles. The normalized spacial score (nSPS) is 29.3. The number of aliphatic hydroxyl groups is 1. The minimum absolute atomic E-state index is 0.0332. The van der Waals surface area contributed by atoms with E-state index in [4.69, 9.17) is 0 Å². The first-order chi connectivity index (χ1) is 11.2. The molecule has 0 saturated carbocycles. The fourth-order valence-corrected chi connectivity index (χ4v) is 4.98. The molecule has 136 valence electrons. The van der Waals surface area contributed by atoms with Crippen LogP contribution in [-0.4, -0.2) is 71.6 Å². The Morgan fingerprint density at radius 1 is 1.42 bits per heavy atom. The average molecular weight is 356 g/mol. The van der Waals surface area contributed by atoms with Gasteiger partial charge in [0.2, 0.25) is 10.0 Å². The molecule has 1 N–H and O–H groups in total. The highest BCUT2D eigenvalue weighted by molar-refractivity contribution is 7.88. The second-order valence-corrected chi connectivity index (χ2v) is 9.68. The molecule has 3 rings (SSSR count). The van der Waals surface area contributed by atoms with Gasteiger partial charge in [0.15, 0.2) is 0 Å². The lowest BCUT2D eigenvalue weighted by Crippen LogP contribution is -2.50. The lowest BCUT2D eigenvalue weighted by Gasteiger charge is -2.43. The van der Waals surface area contributed by atoms with E-state index in [1.807, 2.05) is 10.9 Å². The lowest BCUT2D eigenvalue weighted by atomic mass is 9.74. The van der Waals surface area contributed by atoms with Crippen LogP contribution in [-0.2, 0) is 16.6 Å². The van der Waals surface area contributed by atoms with E-state index in [1.54, 1.807) is 0 Å². The number of aromatic nitrogens is 2. The topological polar surface area (TPSA) is 78.7 Å². The van der Waals surface area contributed by atoms with E-state index in [0.29, 0.717) is 19.1 Å². The van der Waals surface area contributed by atoms with Gasteiger partial charge in [-0.05, 0) is 32.7 Å². The van der Waals surface area contributed by atoms with Crippen LogP contribution in [0.5, 0.6) is 0 Å². The van der Waals surface area contributed by atoms with Crippen LogP contribution in [0.4, 0.5) is 0 Å². The van der Waals surface area contributed by atoms with Gasteiger partial charge in [0, 0.05) is 49.4 Å². The van der Waals surface area contributed by atoms with Gasteiger partial charge in [0.25, 0.3) is 0 Å². The predicted octanol–water partition coefficient (Wildman–Crippen LogP) is 0.540. The van der Waals surface area contributed by atoms with E-state index < -0.39 is 10.0 Å². The molecule has 1 aromatic rings. The summed E-state index contributed by atoms with van der Waals surface area (Å²) >= 11 is 0. The Balaban J connectivity index is 1.71. The van der Waals surface area contributed by atoms with E-state index in [1.165, 1.54) is 10.6 Å². The van der Waals surface area contributed by atoms with E-state index in [0.717, 1.165) is 31.6 Å². The summed E-state index contributed by atoms with van der Waals surface area (Å²) in [4.78, 5) is 2.32. The molecule has 24 heavy (non-hydrogen) atoms. The minimum atomic E-state index is -3.20. The number of sulfonamides is 1. The van der Waals surface area contributed by atoms with Crippen molar-refractivity contribution in [2.24, 2.45) is 11.3 Å². The van der Waals surface area contributed by atoms with Gasteiger partial charge in [-0.3, -0.25) is 9.58 Å². The Bertz CT molecular complexity index is 687. The zero-order valence-electron chi connectivity index (χ0n) is 14.7. The third kappa shape index (κ3) is 3.37. The molecule has 2 saturated heterocycles. The molecular weight excluding hydrogens is 328 g/mol. The standard InChI is InChI=1S/C16H28N4O3S/c1-13(2)20-8-14(6-17-20)7-18-5-4-15-9-19(24(3,22)23)11-16(15,10-18)12-21/h6,8,13,15,21H,4-5,7,9-12H2,1-3H3. The molecular formula is C16H28N4O3S. The maximum Gasteiger partial charge on any atom is 0.211 e. The SMILES string of the molecule is CC(C)n1cc(CN2CCC3CN(S(C)(=O)=O)CC3(CO)C2)cn1. The van der Waals surface area contributed by atoms with Crippen LogP contribution in [0.25, 0.3) is 0 Å². The van der Waals surface area contributed by atoms with Crippen LogP contribution < -0.4 is 0 Å². The number of hydrogen-bond acceptors (Lipinski definition) is 5. The number of hydrogen-bond donors (Lipinski definition) is 1. The van der Waals surface area contributed by atoms with Crippen molar-refractivity contribution in [2.45, 2.75) is 32.9 Å². The maximum absolute atomic E-state index is 11.9. The van der Waals surface area contributed by atoms with Crippen LogP contribution in [0.3, 0.4) is 0 Å². The molecule has 0 amide bonds. The van der Waals surface area contributed by atoms with E-state index in [2.05, 4.69) is 30.0 Å². The van der Waals surface area contributed by atoms with Gasteiger partial charge in [-0.25, -0.2) is 12.7 Å². The monoisotopic (exact) mass is 356 g/mol. The van der Waals surface area contributed by atoms with Gasteiger partial charge in [0.1, 0.15) is 0 Å². The highest BCUT2D eigenvalue weighted by Gasteiger charge is 2.51. The Morgan fingerprint density at radius 3 is 2.75 bits per heavy atom. The summed E-state index contributed by atoms with van der Waals surface area (Å²) in [5.74, 6) is 0.242. The molecule has 2 atom stereocenters. The zero-order valence-corrected chi connectivity index (χ0v) is 15.5. The molecule has 3 heterocycles. The fraction of sp³-hybridized carbons (Fsp3) is 0.812. The minimum Gasteiger partial charge on any atom is -0.396 e. The fourth-order valence-electron chi connectivity index (χ4n) is 4.04. The Morgan fingerprint density at radius 2 is 2.17 bits per heavy atom. The van der Waals surface area contributed by atoms with Crippen molar-refractivity contribution >= 4 is 10.0 Å². The van der Waals surface area contributed by atoms with Crippen molar-refractivity contribution in [3.63, 3.8) is 0 Å². The number of likely N-dealkylation sites (tertiary alicyclic amines) is 1. The Hall–Kier alpha value is -0.960. The first-order valence-electron chi connectivity index (χ1n) is 8.55. The van der Waals surface area contributed by atoms with Crippen LogP contribution >= 0.6 is 0 Å². The van der Waals surface area contributed by atoms with E-state index in [9.17, 15) is 13.5 Å². The van der Waals surface area contributed by atoms with Crippen molar-refractivity contribution in [3.05, 3.63) is 18.0 Å². The molecule has 2 aliphatic rings. The molecule has 2 fully saturated rings. The number of nitrogens with zero attached hydrogens (tertiary/aromatic N) is 4. The molecule has 7 nitrogen and oxygen atoms in total. The smallest absolute Gasteiger partial charge is 0.211 e. The van der Waals surface area contributed by atoms with Gasteiger partial charge >= 0.3 is 0 Å². The first-order valence-corrected chi connectivity index (χ1v) is 10.4. The summed E-state index contributed by atoms with van der Waals surface area (Å²) in [6.45, 7) is 7.64. The van der Waals surface area contributed by atoms with Gasteiger partial charge in [-0.15, -0.1) is 0 Å². The number of rotatable bonds is 5. The highest BCUT2D eigenvalue weighted by Crippen LogP contribution is 2.42. The summed E-state index contributed by atoms with van der Waals surface area (Å²) in [6.07, 6.45) is 6.15. The predicted molar refractivity (Wildman–Crippen MR) is 91.9 cm³/mol. The van der Waals surface area contributed by atoms with Crippen molar-refractivity contribution in [2.75, 3.05) is 39.0 Å². The second kappa shape index (κ2) is 6.40. The number of piperidine rings is 1. The largest absolute Gasteiger partial charge is 0.396 e. The summed E-state index contributed by atoms with van der Waals surface area (Å²) in [7, 11) is -3.20. The highest BCUT2D eigenvalue weighted by atomic mass is 32.2. The number of aliphatic hydroxyl groups excluding tert-OH is 1. The van der Waals surface area contributed by atoms with Crippen LogP contribution in [0, 0.1) is 11.3 Å². The second-order valence-electron chi connectivity index (χ2n) is 7.69. The van der Waals surface area contributed by atoms with Crippen molar-refractivity contribution < 1.29 is 13.5 Å². The van der Waals surface area contributed by atoms with Gasteiger partial charge in [-0.2, -0.15) is 5.10 Å². The third-order valence-corrected chi connectivity index (χ3v) is 6.70. The number of fused-ring (bicyclic) bond motifs is 1.